The summed E-state index contributed by atoms with van der Waals surface area (Å²) in [6.07, 6.45) is 4.84. The normalized spacial score (nSPS) is 19.0. The molecule has 5 rings (SSSR count). The fourth-order valence-electron chi connectivity index (χ4n) is 5.37. The van der Waals surface area contributed by atoms with Crippen molar-refractivity contribution in [3.8, 4) is 11.5 Å². The van der Waals surface area contributed by atoms with Gasteiger partial charge in [-0.05, 0) is 97.0 Å². The van der Waals surface area contributed by atoms with Crippen molar-refractivity contribution in [2.75, 3.05) is 7.11 Å². The number of ether oxygens (including phenoxy) is 2. The summed E-state index contributed by atoms with van der Waals surface area (Å²) in [7, 11) is 1.67. The Morgan fingerprint density at radius 3 is 1.98 bits per heavy atom. The van der Waals surface area contributed by atoms with Crippen LogP contribution in [0, 0.1) is 5.82 Å². The van der Waals surface area contributed by atoms with E-state index in [1.807, 2.05) is 75.4 Å². The van der Waals surface area contributed by atoms with Crippen molar-refractivity contribution in [1.82, 2.24) is 0 Å². The van der Waals surface area contributed by atoms with Crippen LogP contribution in [0.2, 0.25) is 0 Å². The maximum Gasteiger partial charge on any atom is 0.123 e. The van der Waals surface area contributed by atoms with Crippen LogP contribution in [-0.2, 0) is 6.42 Å². The lowest BCUT2D eigenvalue weighted by atomic mass is 9.69. The van der Waals surface area contributed by atoms with E-state index < -0.39 is 4.87 Å². The van der Waals surface area contributed by atoms with Crippen molar-refractivity contribution in [3.05, 3.63) is 143 Å². The second-order valence-electron chi connectivity index (χ2n) is 11.2. The summed E-state index contributed by atoms with van der Waals surface area (Å²) >= 11 is 7.69. The zero-order chi connectivity index (χ0) is 28.3. The SMILES string of the molecule is COc1ccc(C2C(c3ccc(OC(C)(C)C)cc3)=C(c3ccc(F)cc3)C=CC2(Cl)Cc2ccccc2)cc1. The van der Waals surface area contributed by atoms with E-state index in [0.717, 1.165) is 44.9 Å². The van der Waals surface area contributed by atoms with Crippen LogP contribution in [0.1, 0.15) is 48.9 Å². The van der Waals surface area contributed by atoms with Crippen LogP contribution in [0.4, 0.5) is 4.39 Å². The molecule has 0 aromatic heterocycles. The third-order valence-corrected chi connectivity index (χ3v) is 7.58. The van der Waals surface area contributed by atoms with Crippen LogP contribution in [-0.4, -0.2) is 17.6 Å². The average molecular weight is 553 g/mol. The van der Waals surface area contributed by atoms with E-state index in [1.54, 1.807) is 7.11 Å². The summed E-state index contributed by atoms with van der Waals surface area (Å²) in [5.74, 6) is 1.11. The minimum absolute atomic E-state index is 0.209. The smallest absolute Gasteiger partial charge is 0.123 e. The molecule has 1 aliphatic rings. The van der Waals surface area contributed by atoms with Gasteiger partial charge in [0.2, 0.25) is 0 Å². The quantitative estimate of drug-likeness (QED) is 0.212. The largest absolute Gasteiger partial charge is 0.497 e. The van der Waals surface area contributed by atoms with Gasteiger partial charge in [-0.3, -0.25) is 0 Å². The van der Waals surface area contributed by atoms with Gasteiger partial charge in [0, 0.05) is 5.92 Å². The lowest BCUT2D eigenvalue weighted by Crippen LogP contribution is -2.34. The van der Waals surface area contributed by atoms with Crippen molar-refractivity contribution in [2.45, 2.75) is 43.6 Å². The van der Waals surface area contributed by atoms with E-state index in [1.165, 1.54) is 12.1 Å². The van der Waals surface area contributed by atoms with Crippen LogP contribution in [0.3, 0.4) is 0 Å². The molecule has 2 atom stereocenters. The van der Waals surface area contributed by atoms with Gasteiger partial charge in [0.25, 0.3) is 0 Å². The summed E-state index contributed by atoms with van der Waals surface area (Å²) in [4.78, 5) is -0.755. The lowest BCUT2D eigenvalue weighted by molar-refractivity contribution is 0.131. The number of hydrogen-bond acceptors (Lipinski definition) is 2. The molecule has 4 aromatic carbocycles. The number of methoxy groups -OCH3 is 1. The number of benzene rings is 4. The Hall–Kier alpha value is -3.82. The van der Waals surface area contributed by atoms with E-state index in [0.29, 0.717) is 6.42 Å². The van der Waals surface area contributed by atoms with Crippen LogP contribution < -0.4 is 9.47 Å². The van der Waals surface area contributed by atoms with Gasteiger partial charge in [-0.2, -0.15) is 0 Å². The highest BCUT2D eigenvalue weighted by Gasteiger charge is 2.42. The first-order chi connectivity index (χ1) is 19.1. The molecule has 2 unspecified atom stereocenters. The topological polar surface area (TPSA) is 18.5 Å². The van der Waals surface area contributed by atoms with E-state index in [4.69, 9.17) is 21.1 Å². The van der Waals surface area contributed by atoms with E-state index in [-0.39, 0.29) is 17.3 Å². The summed E-state index contributed by atoms with van der Waals surface area (Å²) in [5, 5.41) is 0. The summed E-state index contributed by atoms with van der Waals surface area (Å²) in [6, 6.07) is 33.3. The molecule has 0 saturated carbocycles. The molecular formula is C36H34ClFO2. The Balaban J connectivity index is 1.72. The molecule has 0 saturated heterocycles. The summed E-state index contributed by atoms with van der Waals surface area (Å²) in [6.45, 7) is 6.10. The first-order valence-electron chi connectivity index (χ1n) is 13.5. The first-order valence-corrected chi connectivity index (χ1v) is 13.9. The van der Waals surface area contributed by atoms with Gasteiger partial charge in [0.1, 0.15) is 22.9 Å². The molecule has 0 fully saturated rings. The molecule has 0 N–H and O–H groups in total. The fraction of sp³-hybridized carbons (Fsp3) is 0.222. The molecule has 1 aliphatic carbocycles. The highest BCUT2D eigenvalue weighted by Crippen LogP contribution is 2.53. The number of rotatable bonds is 7. The van der Waals surface area contributed by atoms with Gasteiger partial charge in [0.05, 0.1) is 12.0 Å². The number of halogens is 2. The summed E-state index contributed by atoms with van der Waals surface area (Å²) < 4.78 is 25.5. The number of allylic oxidation sites excluding steroid dienone is 4. The van der Waals surface area contributed by atoms with Gasteiger partial charge < -0.3 is 9.47 Å². The van der Waals surface area contributed by atoms with Crippen molar-refractivity contribution >= 4 is 22.7 Å². The minimum Gasteiger partial charge on any atom is -0.497 e. The minimum atomic E-state index is -0.755. The number of hydrogen-bond donors (Lipinski definition) is 0. The van der Waals surface area contributed by atoms with Crippen LogP contribution >= 0.6 is 11.6 Å². The lowest BCUT2D eigenvalue weighted by Gasteiger charge is -2.40. The van der Waals surface area contributed by atoms with E-state index in [2.05, 4.69) is 48.6 Å². The van der Waals surface area contributed by atoms with Gasteiger partial charge in [-0.1, -0.05) is 78.9 Å². The Labute approximate surface area is 241 Å². The third kappa shape index (κ3) is 6.16. The van der Waals surface area contributed by atoms with Crippen molar-refractivity contribution in [1.29, 1.82) is 0 Å². The zero-order valence-corrected chi connectivity index (χ0v) is 24.1. The molecule has 0 heterocycles. The second-order valence-corrected chi connectivity index (χ2v) is 11.9. The molecule has 0 amide bonds. The molecule has 0 spiro atoms. The van der Waals surface area contributed by atoms with Crippen molar-refractivity contribution < 1.29 is 13.9 Å². The predicted molar refractivity (Wildman–Crippen MR) is 164 cm³/mol. The maximum absolute atomic E-state index is 14.0. The molecule has 0 aliphatic heterocycles. The van der Waals surface area contributed by atoms with Crippen LogP contribution in [0.25, 0.3) is 11.1 Å². The Kier molecular flexibility index (Phi) is 7.87. The van der Waals surface area contributed by atoms with Crippen LogP contribution in [0.15, 0.2) is 115 Å². The second kappa shape index (κ2) is 11.3. The van der Waals surface area contributed by atoms with E-state index >= 15 is 0 Å². The average Bonchev–Trinajstić information content (AvgIpc) is 2.94. The first kappa shape index (κ1) is 27.7. The molecular weight excluding hydrogens is 519 g/mol. The van der Waals surface area contributed by atoms with Crippen molar-refractivity contribution in [3.63, 3.8) is 0 Å². The molecule has 0 bridgehead atoms. The van der Waals surface area contributed by atoms with Crippen molar-refractivity contribution in [2.24, 2.45) is 0 Å². The predicted octanol–water partition coefficient (Wildman–Crippen LogP) is 9.50. The summed E-state index contributed by atoms with van der Waals surface area (Å²) in [5.41, 5.74) is 5.96. The van der Waals surface area contributed by atoms with Gasteiger partial charge in [-0.15, -0.1) is 11.6 Å². The highest BCUT2D eigenvalue weighted by atomic mass is 35.5. The standard InChI is InChI=1S/C36H34ClFO2/c1-35(2,3)40-31-20-12-27(13-21-31)33-32(26-10-16-29(38)17-11-26)22-23-36(37,24-25-8-6-5-7-9-25)34(33)28-14-18-30(39-4)19-15-28/h5-23,34H,24H2,1-4H3. The molecule has 4 heteroatoms. The van der Waals surface area contributed by atoms with Crippen LogP contribution in [0.5, 0.6) is 11.5 Å². The molecule has 4 aromatic rings. The fourth-order valence-corrected chi connectivity index (χ4v) is 5.82. The molecule has 40 heavy (non-hydrogen) atoms. The monoisotopic (exact) mass is 552 g/mol. The Bertz CT molecular complexity index is 1500. The van der Waals surface area contributed by atoms with E-state index in [9.17, 15) is 4.39 Å². The van der Waals surface area contributed by atoms with Gasteiger partial charge >= 0.3 is 0 Å². The third-order valence-electron chi connectivity index (χ3n) is 7.10. The Morgan fingerprint density at radius 1 is 0.775 bits per heavy atom. The Morgan fingerprint density at radius 2 is 1.38 bits per heavy atom. The highest BCUT2D eigenvalue weighted by molar-refractivity contribution is 6.28. The molecule has 0 radical (unpaired) electrons. The molecule has 2 nitrogen and oxygen atoms in total. The van der Waals surface area contributed by atoms with Gasteiger partial charge in [-0.25, -0.2) is 4.39 Å². The molecule has 204 valence electrons. The van der Waals surface area contributed by atoms with Gasteiger partial charge in [0.15, 0.2) is 0 Å². The number of alkyl halides is 1. The maximum atomic E-state index is 14.0. The zero-order valence-electron chi connectivity index (χ0n) is 23.3.